The van der Waals surface area contributed by atoms with Crippen molar-refractivity contribution in [3.05, 3.63) is 0 Å². The zero-order valence-corrected chi connectivity index (χ0v) is 17.6. The Kier molecular flexibility index (Phi) is 12.6. The minimum atomic E-state index is -3.49. The Morgan fingerprint density at radius 1 is 0.792 bits per heavy atom. The molecule has 0 N–H and O–H groups in total. The quantitative estimate of drug-likeness (QED) is 0.244. The number of hydrogen-bond donors (Lipinski definition) is 0. The van der Waals surface area contributed by atoms with E-state index < -0.39 is 23.5 Å². The van der Waals surface area contributed by atoms with Crippen LogP contribution >= 0.6 is 0 Å². The Morgan fingerprint density at radius 2 is 1.21 bits per heavy atom. The van der Waals surface area contributed by atoms with Gasteiger partial charge in [-0.05, 0) is 41.0 Å². The highest BCUT2D eigenvalue weighted by Gasteiger charge is 2.60. The van der Waals surface area contributed by atoms with Crippen molar-refractivity contribution in [2.75, 3.05) is 33.0 Å². The Balaban J connectivity index is 5.90. The van der Waals surface area contributed by atoms with E-state index in [1.807, 2.05) is 41.5 Å². The molecule has 0 radical (unpaired) electrons. The maximum absolute atomic E-state index is 10.9. The molecule has 0 bridgehead atoms. The van der Waals surface area contributed by atoms with E-state index in [4.69, 9.17) is 26.2 Å². The van der Waals surface area contributed by atoms with E-state index in [1.165, 1.54) is 0 Å². The second-order valence-corrected chi connectivity index (χ2v) is 9.65. The molecule has 0 rings (SSSR count). The predicted molar refractivity (Wildman–Crippen MR) is 92.9 cm³/mol. The van der Waals surface area contributed by atoms with E-state index in [0.717, 1.165) is 0 Å². The van der Waals surface area contributed by atoms with Crippen LogP contribution in [-0.4, -0.2) is 62.6 Å². The first-order chi connectivity index (χ1) is 11.5. The van der Waals surface area contributed by atoms with Crippen molar-refractivity contribution in [2.45, 2.75) is 53.6 Å². The lowest BCUT2D eigenvalue weighted by molar-refractivity contribution is -0.0250. The molecular weight excluding hydrogens is 350 g/mol. The Hall–Kier alpha value is -0.426. The van der Waals surface area contributed by atoms with Crippen molar-refractivity contribution in [1.82, 2.24) is 0 Å². The molecule has 0 aliphatic carbocycles. The van der Waals surface area contributed by atoms with E-state index in [-0.39, 0.29) is 0 Å². The molecule has 10 heteroatoms. The fourth-order valence-electron chi connectivity index (χ4n) is 2.17. The summed E-state index contributed by atoms with van der Waals surface area (Å²) in [5.74, 6) is 0. The smallest absolute Gasteiger partial charge is 0.373 e. The third kappa shape index (κ3) is 6.83. The van der Waals surface area contributed by atoms with Crippen LogP contribution in [0.5, 0.6) is 0 Å². The number of aliphatic imine (C=N–C) groups is 1. The van der Waals surface area contributed by atoms with E-state index in [9.17, 15) is 4.79 Å². The molecule has 0 aliphatic rings. The van der Waals surface area contributed by atoms with Gasteiger partial charge in [-0.1, -0.05) is 6.92 Å². The van der Waals surface area contributed by atoms with Crippen LogP contribution in [0.1, 0.15) is 48.0 Å². The van der Waals surface area contributed by atoms with Crippen LogP contribution in [0.2, 0.25) is 0 Å². The lowest BCUT2D eigenvalue weighted by atomic mass is 10.5. The molecule has 1 atom stereocenters. The summed E-state index contributed by atoms with van der Waals surface area (Å²) in [7, 11) is -6.93. The van der Waals surface area contributed by atoms with Crippen molar-refractivity contribution in [3.8, 4) is 0 Å². The molecule has 0 aliphatic heterocycles. The first-order valence-electron chi connectivity index (χ1n) is 8.50. The largest absolute Gasteiger partial charge is 0.672 e. The number of nitrogens with zero attached hydrogens (tertiary/aromatic N) is 1. The van der Waals surface area contributed by atoms with Gasteiger partial charge in [-0.15, -0.1) is 0 Å². The van der Waals surface area contributed by atoms with Gasteiger partial charge >= 0.3 is 17.9 Å². The first-order valence-corrected chi connectivity index (χ1v) is 11.9. The molecule has 0 saturated carbocycles. The first kappa shape index (κ1) is 23.6. The fourth-order valence-corrected chi connectivity index (χ4v) is 8.58. The van der Waals surface area contributed by atoms with E-state index in [1.54, 1.807) is 6.08 Å². The Labute approximate surface area is 147 Å². The van der Waals surface area contributed by atoms with Crippen molar-refractivity contribution in [3.63, 3.8) is 0 Å². The highest BCUT2D eigenvalue weighted by Crippen LogP contribution is 2.27. The fraction of sp³-hybridized carbons (Fsp3) is 0.929. The molecule has 8 nitrogen and oxygen atoms in total. The standard InChI is InChI=1S/C14H31NO7Si2/c1-7-14(15-13-16)23(17-8-2,18-9-3)22-24(19-10-4,20-11-5)21-12-6/h14H,7-12H2,1-6H3. The molecule has 0 saturated heterocycles. The van der Waals surface area contributed by atoms with Crippen molar-refractivity contribution >= 4 is 23.9 Å². The van der Waals surface area contributed by atoms with Crippen LogP contribution in [0.3, 0.4) is 0 Å². The van der Waals surface area contributed by atoms with Crippen LogP contribution in [0.4, 0.5) is 0 Å². The predicted octanol–water partition coefficient (Wildman–Crippen LogP) is 2.21. The van der Waals surface area contributed by atoms with Crippen molar-refractivity contribution in [2.24, 2.45) is 4.99 Å². The summed E-state index contributed by atoms with van der Waals surface area (Å²) in [6.07, 6.45) is 2.08. The molecule has 0 spiro atoms. The van der Waals surface area contributed by atoms with Gasteiger partial charge in [0.2, 0.25) is 6.08 Å². The summed E-state index contributed by atoms with van der Waals surface area (Å²) in [5.41, 5.74) is -0.594. The summed E-state index contributed by atoms with van der Waals surface area (Å²) in [5, 5.41) is 0. The molecule has 142 valence electrons. The van der Waals surface area contributed by atoms with Crippen LogP contribution < -0.4 is 0 Å². The number of hydrogen-bond acceptors (Lipinski definition) is 8. The minimum Gasteiger partial charge on any atom is -0.373 e. The number of isocyanates is 1. The van der Waals surface area contributed by atoms with Gasteiger partial charge in [0, 0.05) is 33.0 Å². The molecule has 24 heavy (non-hydrogen) atoms. The lowest BCUT2D eigenvalue weighted by Gasteiger charge is -2.38. The minimum absolute atomic E-state index is 0.339. The maximum atomic E-state index is 10.9. The SMILES string of the molecule is CCO[Si](OCC)(OCC)O[Si](OCC)(OCC)C(CC)N=C=O. The zero-order chi connectivity index (χ0) is 18.5. The third-order valence-corrected chi connectivity index (χ3v) is 9.73. The summed E-state index contributed by atoms with van der Waals surface area (Å²) in [6, 6.07) is 0. The Bertz CT molecular complexity index is 357. The van der Waals surface area contributed by atoms with Gasteiger partial charge in [-0.3, -0.25) is 0 Å². The highest BCUT2D eigenvalue weighted by atomic mass is 28.5. The number of rotatable bonds is 15. The monoisotopic (exact) mass is 381 g/mol. The van der Waals surface area contributed by atoms with Crippen LogP contribution in [-0.2, 0) is 31.0 Å². The van der Waals surface area contributed by atoms with Gasteiger partial charge in [-0.25, -0.2) is 4.79 Å². The third-order valence-electron chi connectivity index (χ3n) is 2.92. The second-order valence-electron chi connectivity index (χ2n) is 4.52. The average molecular weight is 382 g/mol. The molecule has 0 amide bonds. The molecule has 0 aromatic rings. The van der Waals surface area contributed by atoms with Crippen LogP contribution in [0.25, 0.3) is 0 Å². The van der Waals surface area contributed by atoms with E-state index in [0.29, 0.717) is 39.5 Å². The topological polar surface area (TPSA) is 84.8 Å². The summed E-state index contributed by atoms with van der Waals surface area (Å²) >= 11 is 0. The summed E-state index contributed by atoms with van der Waals surface area (Å²) < 4.78 is 35.2. The molecule has 0 fully saturated rings. The zero-order valence-electron chi connectivity index (χ0n) is 15.6. The maximum Gasteiger partial charge on any atom is 0.672 e. The lowest BCUT2D eigenvalue weighted by Crippen LogP contribution is -2.65. The molecular formula is C14H31NO7Si2. The highest BCUT2D eigenvalue weighted by molar-refractivity contribution is 6.73. The molecule has 0 aromatic carbocycles. The van der Waals surface area contributed by atoms with Crippen molar-refractivity contribution < 1.29 is 31.0 Å². The summed E-state index contributed by atoms with van der Waals surface area (Å²) in [4.78, 5) is 14.7. The van der Waals surface area contributed by atoms with Crippen molar-refractivity contribution in [1.29, 1.82) is 0 Å². The summed E-state index contributed by atoms with van der Waals surface area (Å²) in [6.45, 7) is 12.7. The van der Waals surface area contributed by atoms with E-state index in [2.05, 4.69) is 4.99 Å². The van der Waals surface area contributed by atoms with Gasteiger partial charge in [0.25, 0.3) is 0 Å². The normalized spacial score (nSPS) is 13.6. The van der Waals surface area contributed by atoms with Gasteiger partial charge in [0.1, 0.15) is 5.67 Å². The average Bonchev–Trinajstić information content (AvgIpc) is 2.53. The van der Waals surface area contributed by atoms with Gasteiger partial charge < -0.3 is 26.2 Å². The van der Waals surface area contributed by atoms with Crippen LogP contribution in [0, 0.1) is 0 Å². The molecule has 0 aromatic heterocycles. The second kappa shape index (κ2) is 12.9. The van der Waals surface area contributed by atoms with Crippen LogP contribution in [0.15, 0.2) is 4.99 Å². The van der Waals surface area contributed by atoms with Gasteiger partial charge in [0.15, 0.2) is 0 Å². The van der Waals surface area contributed by atoms with Gasteiger partial charge in [0.05, 0.1) is 0 Å². The number of carbonyl (C=O) groups excluding carboxylic acids is 1. The Morgan fingerprint density at radius 3 is 1.50 bits per heavy atom. The van der Waals surface area contributed by atoms with Gasteiger partial charge in [-0.2, -0.15) is 4.99 Å². The molecule has 1 unspecified atom stereocenters. The molecule has 0 heterocycles. The van der Waals surface area contributed by atoms with E-state index >= 15 is 0 Å².